The number of carbonyl (C=O) groups is 2. The number of hydrogen-bond acceptors (Lipinski definition) is 6. The molecular weight excluding hydrogens is 454 g/mol. The highest BCUT2D eigenvalue weighted by molar-refractivity contribution is 6.30. The van der Waals surface area contributed by atoms with Crippen molar-refractivity contribution in [3.63, 3.8) is 0 Å². The number of nitrogens with one attached hydrogen (secondary N) is 1. The third kappa shape index (κ3) is 3.74. The summed E-state index contributed by atoms with van der Waals surface area (Å²) in [7, 11) is 0. The van der Waals surface area contributed by atoms with Gasteiger partial charge in [0, 0.05) is 37.9 Å². The van der Waals surface area contributed by atoms with Crippen molar-refractivity contribution in [1.29, 1.82) is 0 Å². The van der Waals surface area contributed by atoms with E-state index in [0.717, 1.165) is 17.0 Å². The van der Waals surface area contributed by atoms with E-state index < -0.39 is 11.6 Å². The number of rotatable bonds is 5. The van der Waals surface area contributed by atoms with E-state index in [9.17, 15) is 9.59 Å². The van der Waals surface area contributed by atoms with Crippen molar-refractivity contribution < 1.29 is 9.59 Å². The lowest BCUT2D eigenvalue weighted by Crippen LogP contribution is -2.57. The summed E-state index contributed by atoms with van der Waals surface area (Å²) in [4.78, 5) is 49.0. The number of piperidine rings is 1. The maximum absolute atomic E-state index is 14.0. The van der Waals surface area contributed by atoms with Crippen LogP contribution in [0.25, 0.3) is 11.1 Å². The van der Waals surface area contributed by atoms with Gasteiger partial charge in [0.25, 0.3) is 5.91 Å². The summed E-state index contributed by atoms with van der Waals surface area (Å²) in [5, 5.41) is 0. The van der Waals surface area contributed by atoms with Gasteiger partial charge in [0.1, 0.15) is 11.4 Å². The molecule has 1 spiro atoms. The first kappa shape index (κ1) is 22.1. The smallest absolute Gasteiger partial charge is 0.339 e. The molecule has 2 aliphatic rings. The van der Waals surface area contributed by atoms with Crippen molar-refractivity contribution in [2.75, 3.05) is 22.9 Å². The first-order chi connectivity index (χ1) is 17.7. The first-order valence-corrected chi connectivity index (χ1v) is 12.0. The topological polar surface area (TPSA) is 98.3 Å². The van der Waals surface area contributed by atoms with Gasteiger partial charge in [0.2, 0.25) is 5.95 Å². The predicted molar refractivity (Wildman–Crippen MR) is 135 cm³/mol. The molecule has 1 N–H and O–H groups in total. The molecule has 0 unspecified atom stereocenters. The summed E-state index contributed by atoms with van der Waals surface area (Å²) >= 11 is 0. The molecule has 2 aliphatic heterocycles. The van der Waals surface area contributed by atoms with Crippen LogP contribution in [0.15, 0.2) is 85.5 Å². The normalized spacial score (nSPS) is 17.8. The van der Waals surface area contributed by atoms with Gasteiger partial charge in [-0.05, 0) is 42.2 Å². The van der Waals surface area contributed by atoms with E-state index in [0.29, 0.717) is 38.2 Å². The number of imide groups is 1. The average Bonchev–Trinajstić information content (AvgIpc) is 3.51. The summed E-state index contributed by atoms with van der Waals surface area (Å²) in [5.74, 6) is 0.895. The van der Waals surface area contributed by atoms with Gasteiger partial charge in [-0.2, -0.15) is 0 Å². The second kappa shape index (κ2) is 9.01. The standard InChI is InChI=1S/C27H25N7O2/c35-24-27(11-17-32(18-12-27)19-23-28-15-16-29-23)34(25-30-13-4-14-31-25)26(36)33(24)22-9-7-21(8-10-22)20-5-2-1-3-6-20/h1-10,13-16H,11-12,17-19H2,(H,28,29). The maximum atomic E-state index is 14.0. The number of nitrogens with zero attached hydrogens (tertiary/aromatic N) is 6. The molecule has 9 nitrogen and oxygen atoms in total. The van der Waals surface area contributed by atoms with Crippen LogP contribution in [0.2, 0.25) is 0 Å². The van der Waals surface area contributed by atoms with Crippen molar-refractivity contribution >= 4 is 23.6 Å². The molecule has 0 radical (unpaired) electrons. The zero-order valence-electron chi connectivity index (χ0n) is 19.6. The molecule has 3 amide bonds. The molecule has 9 heteroatoms. The quantitative estimate of drug-likeness (QED) is 0.437. The van der Waals surface area contributed by atoms with Gasteiger partial charge in [-0.1, -0.05) is 42.5 Å². The number of H-pyrrole nitrogens is 1. The summed E-state index contributed by atoms with van der Waals surface area (Å²) < 4.78 is 0. The SMILES string of the molecule is O=C1N(c2ccc(-c3ccccc3)cc2)C(=O)C2(CCN(Cc3ncc[nH]3)CC2)N1c1ncccn1. The van der Waals surface area contributed by atoms with E-state index >= 15 is 0 Å². The number of urea groups is 1. The van der Waals surface area contributed by atoms with E-state index in [1.54, 1.807) is 30.9 Å². The molecule has 2 aromatic carbocycles. The fourth-order valence-electron chi connectivity index (χ4n) is 5.13. The summed E-state index contributed by atoms with van der Waals surface area (Å²) in [6.45, 7) is 1.95. The predicted octanol–water partition coefficient (Wildman–Crippen LogP) is 3.87. The van der Waals surface area contributed by atoms with Crippen LogP contribution in [0.4, 0.5) is 16.4 Å². The minimum absolute atomic E-state index is 0.231. The number of anilines is 2. The molecule has 0 saturated carbocycles. The Balaban J connectivity index is 1.32. The van der Waals surface area contributed by atoms with Crippen LogP contribution in [-0.4, -0.2) is 55.4 Å². The van der Waals surface area contributed by atoms with Crippen LogP contribution in [0.1, 0.15) is 18.7 Å². The van der Waals surface area contributed by atoms with Gasteiger partial charge in [0.05, 0.1) is 12.2 Å². The summed E-state index contributed by atoms with van der Waals surface area (Å²) in [6.07, 6.45) is 7.68. The highest BCUT2D eigenvalue weighted by Crippen LogP contribution is 2.41. The monoisotopic (exact) mass is 479 g/mol. The van der Waals surface area contributed by atoms with Gasteiger partial charge in [-0.15, -0.1) is 0 Å². The Morgan fingerprint density at radius 2 is 1.50 bits per heavy atom. The second-order valence-corrected chi connectivity index (χ2v) is 9.06. The van der Waals surface area contributed by atoms with E-state index in [4.69, 9.17) is 0 Å². The highest BCUT2D eigenvalue weighted by Gasteiger charge is 2.60. The Hall–Kier alpha value is -4.37. The van der Waals surface area contributed by atoms with Crippen molar-refractivity contribution in [1.82, 2.24) is 24.8 Å². The van der Waals surface area contributed by atoms with Gasteiger partial charge in [-0.3, -0.25) is 9.69 Å². The van der Waals surface area contributed by atoms with Crippen LogP contribution < -0.4 is 9.80 Å². The van der Waals surface area contributed by atoms with Gasteiger partial charge in [-0.25, -0.2) is 29.5 Å². The lowest BCUT2D eigenvalue weighted by molar-refractivity contribution is -0.123. The Kier molecular flexibility index (Phi) is 5.54. The molecule has 2 aromatic heterocycles. The van der Waals surface area contributed by atoms with Crippen LogP contribution in [0.5, 0.6) is 0 Å². The molecule has 0 bridgehead atoms. The molecule has 4 heterocycles. The number of hydrogen-bond donors (Lipinski definition) is 1. The Bertz CT molecular complexity index is 1350. The van der Waals surface area contributed by atoms with Gasteiger partial charge >= 0.3 is 6.03 Å². The second-order valence-electron chi connectivity index (χ2n) is 9.06. The lowest BCUT2D eigenvalue weighted by atomic mass is 9.86. The Morgan fingerprint density at radius 3 is 2.17 bits per heavy atom. The summed E-state index contributed by atoms with van der Waals surface area (Å²) in [5.41, 5.74) is 1.60. The number of benzene rings is 2. The van der Waals surface area contributed by atoms with E-state index in [1.165, 1.54) is 9.80 Å². The number of amides is 3. The maximum Gasteiger partial charge on any atom is 0.339 e. The number of aromatic nitrogens is 4. The number of aromatic amines is 1. The molecule has 0 aliphatic carbocycles. The largest absolute Gasteiger partial charge is 0.348 e. The minimum Gasteiger partial charge on any atom is -0.348 e. The molecule has 6 rings (SSSR count). The van der Waals surface area contributed by atoms with Crippen molar-refractivity contribution in [3.8, 4) is 11.1 Å². The number of imidazole rings is 1. The van der Waals surface area contributed by atoms with Crippen molar-refractivity contribution in [2.24, 2.45) is 0 Å². The van der Waals surface area contributed by atoms with E-state index in [2.05, 4.69) is 24.8 Å². The lowest BCUT2D eigenvalue weighted by Gasteiger charge is -2.40. The summed E-state index contributed by atoms with van der Waals surface area (Å²) in [6, 6.07) is 18.8. The Labute approximate surface area is 208 Å². The zero-order valence-corrected chi connectivity index (χ0v) is 19.6. The van der Waals surface area contributed by atoms with Crippen LogP contribution >= 0.6 is 0 Å². The van der Waals surface area contributed by atoms with Crippen LogP contribution in [0, 0.1) is 0 Å². The molecule has 2 fully saturated rings. The van der Waals surface area contributed by atoms with Gasteiger partial charge < -0.3 is 4.98 Å². The molecule has 0 atom stereocenters. The highest BCUT2D eigenvalue weighted by atomic mass is 16.2. The fourth-order valence-corrected chi connectivity index (χ4v) is 5.13. The average molecular weight is 480 g/mol. The molecule has 180 valence electrons. The van der Waals surface area contributed by atoms with Crippen molar-refractivity contribution in [3.05, 3.63) is 91.3 Å². The minimum atomic E-state index is -1.03. The number of likely N-dealkylation sites (tertiary alicyclic amines) is 1. The third-order valence-electron chi connectivity index (χ3n) is 7.01. The third-order valence-corrected chi connectivity index (χ3v) is 7.01. The van der Waals surface area contributed by atoms with Gasteiger partial charge in [0.15, 0.2) is 0 Å². The first-order valence-electron chi connectivity index (χ1n) is 12.0. The van der Waals surface area contributed by atoms with Crippen LogP contribution in [0.3, 0.4) is 0 Å². The van der Waals surface area contributed by atoms with Crippen LogP contribution in [-0.2, 0) is 11.3 Å². The molecule has 2 saturated heterocycles. The number of carbonyl (C=O) groups excluding carboxylic acids is 2. The van der Waals surface area contributed by atoms with Crippen molar-refractivity contribution in [2.45, 2.75) is 24.9 Å². The molecular formula is C27H25N7O2. The fraction of sp³-hybridized carbons (Fsp3) is 0.222. The zero-order chi connectivity index (χ0) is 24.5. The molecule has 36 heavy (non-hydrogen) atoms. The molecule has 4 aromatic rings. The Morgan fingerprint density at radius 1 is 0.806 bits per heavy atom. The van der Waals surface area contributed by atoms with E-state index in [-0.39, 0.29) is 11.9 Å². The van der Waals surface area contributed by atoms with E-state index in [1.807, 2.05) is 54.6 Å².